The minimum atomic E-state index is -3.37. The molecular weight excluding hydrogens is 763 g/mol. The number of amides is 3. The van der Waals surface area contributed by atoms with Gasteiger partial charge in [0.1, 0.15) is 6.04 Å². The zero-order valence-electron chi connectivity index (χ0n) is 28.0. The van der Waals surface area contributed by atoms with E-state index >= 15 is 0 Å². The first kappa shape index (κ1) is 41.0. The molecule has 0 radical (unpaired) electrons. The summed E-state index contributed by atoms with van der Waals surface area (Å²) in [5.74, 6) is -2.37. The molecule has 270 valence electrons. The van der Waals surface area contributed by atoms with Crippen LogP contribution in [0.1, 0.15) is 26.7 Å². The van der Waals surface area contributed by atoms with Crippen molar-refractivity contribution in [1.29, 1.82) is 0 Å². The molecule has 5 N–H and O–H groups in total. The molecule has 0 spiro atoms. The maximum atomic E-state index is 13.4. The van der Waals surface area contributed by atoms with Crippen LogP contribution in [-0.2, 0) is 33.4 Å². The molecule has 15 heteroatoms. The van der Waals surface area contributed by atoms with Gasteiger partial charge in [-0.2, -0.15) is 0 Å². The molecule has 3 aromatic rings. The van der Waals surface area contributed by atoms with E-state index in [1.54, 1.807) is 13.8 Å². The Morgan fingerprint density at radius 2 is 1.28 bits per heavy atom. The van der Waals surface area contributed by atoms with Gasteiger partial charge < -0.3 is 15.2 Å². The molecule has 11 nitrogen and oxygen atoms in total. The van der Waals surface area contributed by atoms with Crippen molar-refractivity contribution in [3.05, 3.63) is 91.0 Å². The summed E-state index contributed by atoms with van der Waals surface area (Å²) < 4.78 is 9.75. The number of carbonyl (C=O) groups excluding carboxylic acids is 5. The molecule has 2 unspecified atom stereocenters. The van der Waals surface area contributed by atoms with E-state index in [0.29, 0.717) is 6.29 Å². The number of carbonyl (C=O) groups is 5. The van der Waals surface area contributed by atoms with Gasteiger partial charge >= 0.3 is 253 Å². The van der Waals surface area contributed by atoms with Crippen molar-refractivity contribution >= 4 is 88.0 Å². The van der Waals surface area contributed by atoms with Crippen molar-refractivity contribution in [1.82, 2.24) is 16.0 Å². The fourth-order valence-corrected chi connectivity index (χ4v) is 13.9. The summed E-state index contributed by atoms with van der Waals surface area (Å²) in [7, 11) is 2.46. The Morgan fingerprint density at radius 1 is 0.760 bits per heavy atom. The van der Waals surface area contributed by atoms with E-state index in [4.69, 9.17) is 15.2 Å². The third kappa shape index (κ3) is 11.3. The second-order valence-electron chi connectivity index (χ2n) is 11.0. The van der Waals surface area contributed by atoms with Crippen LogP contribution in [0, 0.1) is 0 Å². The molecule has 3 rings (SSSR count). The molecule has 0 aliphatic rings. The summed E-state index contributed by atoms with van der Waals surface area (Å²) in [5.41, 5.74) is 5.81. The Bertz CT molecular complexity index is 1480. The standard InChI is InChI=1S/C35H44BrN4O7PS2/c1-3-46-33(43)22-38-34(44)30(40-31(41)21-20-29(37)35(45)47-4-2)23-49-50-24-32(42)39-25-48(36,26-14-8-5-9-15-26,27-16-10-6-11-17-27)28-18-12-7-13-19-28/h5-19,29-30H,3-4,20-25,37H2,1-2H3,(H,38,44)(H,39,42)(H,40,41). The number of nitrogens with one attached hydrogen (secondary N) is 3. The van der Waals surface area contributed by atoms with Gasteiger partial charge in [-0.1, -0.05) is 0 Å². The smallest absolute Gasteiger partial charge is 0.465 e. The molecule has 0 fully saturated rings. The number of halogens is 1. The zero-order valence-corrected chi connectivity index (χ0v) is 32.2. The van der Waals surface area contributed by atoms with Crippen molar-refractivity contribution in [2.45, 2.75) is 38.8 Å². The van der Waals surface area contributed by atoms with Gasteiger partial charge in [0.15, 0.2) is 0 Å². The zero-order chi connectivity index (χ0) is 36.4. The van der Waals surface area contributed by atoms with Crippen molar-refractivity contribution in [3.8, 4) is 0 Å². The molecular formula is C35H44BrN4O7PS2. The van der Waals surface area contributed by atoms with Crippen LogP contribution in [0.15, 0.2) is 91.0 Å². The average Bonchev–Trinajstić information content (AvgIpc) is 3.14. The topological polar surface area (TPSA) is 166 Å². The van der Waals surface area contributed by atoms with Gasteiger partial charge in [-0.3, -0.25) is 9.59 Å². The van der Waals surface area contributed by atoms with E-state index in [0.717, 1.165) is 15.9 Å². The minimum absolute atomic E-state index is 0.0253. The normalized spacial score (nSPS) is 13.1. The summed E-state index contributed by atoms with van der Waals surface area (Å²) in [6.07, 6.45) is 0.221. The summed E-state index contributed by atoms with van der Waals surface area (Å²) in [6, 6.07) is 28.3. The van der Waals surface area contributed by atoms with Crippen molar-refractivity contribution < 1.29 is 33.4 Å². The van der Waals surface area contributed by atoms with Crippen LogP contribution < -0.4 is 37.6 Å². The van der Waals surface area contributed by atoms with E-state index in [1.165, 1.54) is 21.6 Å². The fourth-order valence-electron chi connectivity index (χ4n) is 5.03. The Kier molecular flexibility index (Phi) is 16.8. The van der Waals surface area contributed by atoms with Crippen LogP contribution in [-0.4, -0.2) is 79.3 Å². The van der Waals surface area contributed by atoms with Crippen LogP contribution in [0.5, 0.6) is 0 Å². The first-order valence-electron chi connectivity index (χ1n) is 16.1. The maximum absolute atomic E-state index is 13.4. The number of esters is 2. The van der Waals surface area contributed by atoms with Gasteiger partial charge in [-0.05, 0) is 13.8 Å². The van der Waals surface area contributed by atoms with Gasteiger partial charge in [-0.15, -0.1) is 0 Å². The predicted molar refractivity (Wildman–Crippen MR) is 207 cm³/mol. The Hall–Kier alpha value is -3.42. The third-order valence-corrected chi connectivity index (χ3v) is 19.2. The first-order chi connectivity index (χ1) is 24.0. The summed E-state index contributed by atoms with van der Waals surface area (Å²) in [6.45, 7) is 3.27. The summed E-state index contributed by atoms with van der Waals surface area (Å²) >= 11 is 4.31. The Labute approximate surface area is 309 Å². The van der Waals surface area contributed by atoms with Gasteiger partial charge in [-0.25, -0.2) is 0 Å². The monoisotopic (exact) mass is 806 g/mol. The molecule has 0 aliphatic heterocycles. The molecule has 0 saturated heterocycles. The molecule has 0 aliphatic carbocycles. The Balaban J connectivity index is 1.68. The number of rotatable bonds is 20. The second-order valence-corrected chi connectivity index (χ2v) is 22.5. The minimum Gasteiger partial charge on any atom is -0.465 e. The van der Waals surface area contributed by atoms with Crippen LogP contribution in [0.4, 0.5) is 0 Å². The van der Waals surface area contributed by atoms with E-state index in [-0.39, 0.29) is 50.0 Å². The van der Waals surface area contributed by atoms with Gasteiger partial charge in [0, 0.05) is 0 Å². The van der Waals surface area contributed by atoms with Crippen molar-refractivity contribution in [3.63, 3.8) is 0 Å². The third-order valence-electron chi connectivity index (χ3n) is 7.60. The van der Waals surface area contributed by atoms with E-state index < -0.39 is 41.1 Å². The van der Waals surface area contributed by atoms with E-state index in [9.17, 15) is 24.0 Å². The van der Waals surface area contributed by atoms with Crippen molar-refractivity contribution in [2.24, 2.45) is 5.73 Å². The van der Waals surface area contributed by atoms with E-state index in [1.807, 2.05) is 54.6 Å². The number of benzene rings is 3. The Morgan fingerprint density at radius 3 is 1.78 bits per heavy atom. The van der Waals surface area contributed by atoms with Crippen LogP contribution in [0.25, 0.3) is 0 Å². The summed E-state index contributed by atoms with van der Waals surface area (Å²) in [5, 5.41) is 8.13. The fraction of sp³-hybridized carbons (Fsp3) is 0.343. The van der Waals surface area contributed by atoms with Crippen molar-refractivity contribution in [2.75, 3.05) is 37.6 Å². The molecule has 3 aromatic carbocycles. The molecule has 0 aromatic heterocycles. The quantitative estimate of drug-likeness (QED) is 0.0577. The van der Waals surface area contributed by atoms with Crippen LogP contribution in [0.3, 0.4) is 0 Å². The molecule has 50 heavy (non-hydrogen) atoms. The summed E-state index contributed by atoms with van der Waals surface area (Å²) in [4.78, 5) is 62.7. The molecule has 2 atom stereocenters. The number of ether oxygens (including phenoxy) is 2. The van der Waals surface area contributed by atoms with Crippen LogP contribution >= 0.6 is 42.4 Å². The molecule has 0 saturated carbocycles. The SMILES string of the molecule is CCOC(=O)CNC(=O)C(CSSCC(=O)NCP(Br)(c1ccccc1)(c1ccccc1)c1ccccc1)NC(=O)CCC(N)C(=O)OCC. The second kappa shape index (κ2) is 20.4. The predicted octanol–water partition coefficient (Wildman–Crippen LogP) is 3.12. The average molecular weight is 808 g/mol. The van der Waals surface area contributed by atoms with Gasteiger partial charge in [0.2, 0.25) is 0 Å². The first-order valence-corrected chi connectivity index (χ1v) is 23.0. The number of hydrogen-bond donors (Lipinski definition) is 4. The molecule has 3 amide bonds. The molecule has 0 bridgehead atoms. The van der Waals surface area contributed by atoms with Crippen LogP contribution in [0.2, 0.25) is 0 Å². The number of hydrogen-bond acceptors (Lipinski definition) is 10. The van der Waals surface area contributed by atoms with E-state index in [2.05, 4.69) is 67.8 Å². The number of nitrogens with two attached hydrogens (primary N) is 1. The molecule has 0 heterocycles. The van der Waals surface area contributed by atoms with Gasteiger partial charge in [0.05, 0.1) is 13.2 Å². The van der Waals surface area contributed by atoms with Gasteiger partial charge in [0.25, 0.3) is 0 Å².